The second-order valence-corrected chi connectivity index (χ2v) is 8.96. The molecule has 1 amide bonds. The number of carbonyl (C=O) groups is 4. The number of carboxylic acid groups (broad SMARTS) is 1. The minimum atomic E-state index is -1.15. The Labute approximate surface area is 183 Å². The van der Waals surface area contributed by atoms with Crippen LogP contribution in [-0.4, -0.2) is 44.3 Å². The largest absolute Gasteiger partial charge is 0.480 e. The molecular formula is C22H23NO5S2. The van der Waals surface area contributed by atoms with Gasteiger partial charge in [0, 0.05) is 16.9 Å². The molecule has 0 spiro atoms. The van der Waals surface area contributed by atoms with Crippen LogP contribution in [0, 0.1) is 5.92 Å². The van der Waals surface area contributed by atoms with Crippen LogP contribution in [0.1, 0.15) is 34.6 Å². The van der Waals surface area contributed by atoms with E-state index in [1.807, 2.05) is 0 Å². The number of thioether (sulfide) groups is 2. The smallest absolute Gasteiger partial charge is 0.326 e. The van der Waals surface area contributed by atoms with Gasteiger partial charge in [-0.05, 0) is 5.92 Å². The van der Waals surface area contributed by atoms with E-state index >= 15 is 0 Å². The van der Waals surface area contributed by atoms with Crippen LogP contribution in [0.2, 0.25) is 0 Å². The molecule has 0 aliphatic carbocycles. The van der Waals surface area contributed by atoms with Crippen LogP contribution in [0.25, 0.3) is 0 Å². The number of amides is 1. The highest BCUT2D eigenvalue weighted by molar-refractivity contribution is 8.18. The van der Waals surface area contributed by atoms with Gasteiger partial charge in [0.1, 0.15) is 11.3 Å². The number of carbonyl (C=O) groups excluding carboxylic acids is 3. The molecule has 0 fully saturated rings. The first-order valence-electron chi connectivity index (χ1n) is 9.31. The number of benzene rings is 2. The molecule has 0 aliphatic heterocycles. The molecule has 0 saturated heterocycles. The maximum Gasteiger partial charge on any atom is 0.326 e. The third kappa shape index (κ3) is 7.03. The molecule has 0 aromatic heterocycles. The van der Waals surface area contributed by atoms with Crippen molar-refractivity contribution < 1.29 is 24.3 Å². The summed E-state index contributed by atoms with van der Waals surface area (Å²) in [6.07, 6.45) is 0. The maximum atomic E-state index is 12.8. The number of nitrogens with one attached hydrogen (secondary N) is 1. The third-order valence-electron chi connectivity index (χ3n) is 4.16. The molecule has 0 bridgehead atoms. The van der Waals surface area contributed by atoms with Gasteiger partial charge in [0.25, 0.3) is 0 Å². The van der Waals surface area contributed by atoms with Gasteiger partial charge in [0.2, 0.25) is 16.1 Å². The Bertz CT molecular complexity index is 887. The fraction of sp³-hybridized carbons (Fsp3) is 0.273. The van der Waals surface area contributed by atoms with E-state index in [1.165, 1.54) is 0 Å². The van der Waals surface area contributed by atoms with Crippen LogP contribution < -0.4 is 5.32 Å². The minimum Gasteiger partial charge on any atom is -0.480 e. The predicted molar refractivity (Wildman–Crippen MR) is 120 cm³/mol. The molecule has 0 radical (unpaired) electrons. The number of rotatable bonds is 9. The first kappa shape index (κ1) is 23.7. The van der Waals surface area contributed by atoms with Gasteiger partial charge in [-0.1, -0.05) is 98.0 Å². The fourth-order valence-corrected chi connectivity index (χ4v) is 4.44. The van der Waals surface area contributed by atoms with Crippen molar-refractivity contribution in [2.24, 2.45) is 5.92 Å². The van der Waals surface area contributed by atoms with Gasteiger partial charge >= 0.3 is 5.97 Å². The van der Waals surface area contributed by atoms with Gasteiger partial charge in [-0.3, -0.25) is 14.4 Å². The van der Waals surface area contributed by atoms with E-state index in [2.05, 4.69) is 5.32 Å². The zero-order valence-electron chi connectivity index (χ0n) is 16.6. The van der Waals surface area contributed by atoms with Gasteiger partial charge in [0.05, 0.1) is 0 Å². The van der Waals surface area contributed by atoms with Crippen molar-refractivity contribution in [3.63, 3.8) is 0 Å². The van der Waals surface area contributed by atoms with Crippen LogP contribution in [0.3, 0.4) is 0 Å². The third-order valence-corrected chi connectivity index (χ3v) is 6.48. The van der Waals surface area contributed by atoms with Crippen LogP contribution in [0.5, 0.6) is 0 Å². The van der Waals surface area contributed by atoms with Gasteiger partial charge < -0.3 is 10.4 Å². The molecule has 2 atom stereocenters. The molecule has 0 heterocycles. The lowest BCUT2D eigenvalue weighted by Gasteiger charge is -2.21. The molecule has 30 heavy (non-hydrogen) atoms. The standard InChI is InChI=1S/C22H23NO5S2/c1-14(2)18(20(25)26)23-19(24)17(30-22(28)16-11-7-4-8-12-16)13-29-21(27)15-9-5-3-6-10-15/h3-12,14,17-18H,13H2,1-2H3,(H,23,24)(H,25,26)/t17-,18?/m0/s1. The van der Waals surface area contributed by atoms with Crippen LogP contribution in [0.15, 0.2) is 60.7 Å². The van der Waals surface area contributed by atoms with E-state index < -0.39 is 23.2 Å². The van der Waals surface area contributed by atoms with Crippen molar-refractivity contribution in [2.75, 3.05) is 5.75 Å². The summed E-state index contributed by atoms with van der Waals surface area (Å²) >= 11 is 1.72. The number of hydrogen-bond donors (Lipinski definition) is 2. The van der Waals surface area contributed by atoms with Crippen LogP contribution >= 0.6 is 23.5 Å². The molecule has 1 unspecified atom stereocenters. The summed E-state index contributed by atoms with van der Waals surface area (Å²) in [4.78, 5) is 49.3. The SMILES string of the molecule is CC(C)C(NC(=O)[C@H](CSC(=O)c1ccccc1)SC(=O)c1ccccc1)C(=O)O. The highest BCUT2D eigenvalue weighted by atomic mass is 32.2. The lowest BCUT2D eigenvalue weighted by molar-refractivity contribution is -0.142. The van der Waals surface area contributed by atoms with Gasteiger partial charge in [-0.25, -0.2) is 4.79 Å². The van der Waals surface area contributed by atoms with Crippen molar-refractivity contribution in [3.8, 4) is 0 Å². The van der Waals surface area contributed by atoms with Crippen molar-refractivity contribution in [1.29, 1.82) is 0 Å². The van der Waals surface area contributed by atoms with Crippen LogP contribution in [-0.2, 0) is 9.59 Å². The Kier molecular flexibility index (Phi) is 9.14. The number of hydrogen-bond acceptors (Lipinski definition) is 6. The number of carboxylic acids is 1. The molecule has 0 aliphatic rings. The highest BCUT2D eigenvalue weighted by Crippen LogP contribution is 2.24. The van der Waals surface area contributed by atoms with E-state index in [-0.39, 0.29) is 21.9 Å². The first-order chi connectivity index (χ1) is 14.3. The molecule has 2 aromatic carbocycles. The fourth-order valence-electron chi connectivity index (χ4n) is 2.50. The molecule has 0 saturated carbocycles. The van der Waals surface area contributed by atoms with E-state index in [0.717, 1.165) is 23.5 Å². The lowest BCUT2D eigenvalue weighted by Crippen LogP contribution is -2.48. The highest BCUT2D eigenvalue weighted by Gasteiger charge is 2.30. The Morgan fingerprint density at radius 2 is 1.37 bits per heavy atom. The topological polar surface area (TPSA) is 101 Å². The zero-order valence-corrected chi connectivity index (χ0v) is 18.2. The van der Waals surface area contributed by atoms with Gasteiger partial charge in [-0.2, -0.15) is 0 Å². The second-order valence-electron chi connectivity index (χ2n) is 6.79. The Morgan fingerprint density at radius 1 is 0.867 bits per heavy atom. The Morgan fingerprint density at radius 3 is 1.83 bits per heavy atom. The first-order valence-corrected chi connectivity index (χ1v) is 11.2. The molecule has 2 N–H and O–H groups in total. The average molecular weight is 446 g/mol. The molecule has 158 valence electrons. The van der Waals surface area contributed by atoms with Crippen molar-refractivity contribution in [2.45, 2.75) is 25.1 Å². The van der Waals surface area contributed by atoms with Crippen molar-refractivity contribution in [3.05, 3.63) is 71.8 Å². The summed E-state index contributed by atoms with van der Waals surface area (Å²) < 4.78 is 0. The monoisotopic (exact) mass is 445 g/mol. The Hall–Kier alpha value is -2.58. The molecule has 6 nitrogen and oxygen atoms in total. The normalized spacial score (nSPS) is 12.8. The summed E-state index contributed by atoms with van der Waals surface area (Å²) in [6.45, 7) is 3.37. The van der Waals surface area contributed by atoms with Gasteiger partial charge in [-0.15, -0.1) is 0 Å². The van der Waals surface area contributed by atoms with E-state index in [0.29, 0.717) is 11.1 Å². The summed E-state index contributed by atoms with van der Waals surface area (Å²) in [5.41, 5.74) is 0.921. The van der Waals surface area contributed by atoms with E-state index in [4.69, 9.17) is 0 Å². The van der Waals surface area contributed by atoms with Crippen molar-refractivity contribution >= 4 is 45.6 Å². The molecule has 2 rings (SSSR count). The minimum absolute atomic E-state index is 0.0350. The van der Waals surface area contributed by atoms with Gasteiger partial charge in [0.15, 0.2) is 0 Å². The Balaban J connectivity index is 2.14. The molecule has 2 aromatic rings. The quantitative estimate of drug-likeness (QED) is 0.606. The predicted octanol–water partition coefficient (Wildman–Crippen LogP) is 3.73. The molecule has 8 heteroatoms. The number of aliphatic carboxylic acids is 1. The second kappa shape index (κ2) is 11.6. The zero-order chi connectivity index (χ0) is 22.1. The van der Waals surface area contributed by atoms with E-state index in [9.17, 15) is 24.3 Å². The maximum absolute atomic E-state index is 12.8. The summed E-state index contributed by atoms with van der Waals surface area (Å²) in [5, 5.41) is 10.4. The van der Waals surface area contributed by atoms with E-state index in [1.54, 1.807) is 74.5 Å². The lowest BCUT2D eigenvalue weighted by atomic mass is 10.0. The summed E-state index contributed by atoms with van der Waals surface area (Å²) in [6, 6.07) is 16.0. The molecular weight excluding hydrogens is 422 g/mol. The van der Waals surface area contributed by atoms with Crippen molar-refractivity contribution in [1.82, 2.24) is 5.32 Å². The summed E-state index contributed by atoms with van der Waals surface area (Å²) in [5.74, 6) is -2.03. The van der Waals surface area contributed by atoms with Crippen LogP contribution in [0.4, 0.5) is 0 Å². The average Bonchev–Trinajstić information content (AvgIpc) is 2.75. The summed E-state index contributed by atoms with van der Waals surface area (Å²) in [7, 11) is 0.